The fourth-order valence-electron chi connectivity index (χ4n) is 3.90. The number of allylic oxidation sites excluding steroid dienone is 2. The Hall–Kier alpha value is -1.90. The van der Waals surface area contributed by atoms with Gasteiger partial charge in [0, 0.05) is 28.5 Å². The van der Waals surface area contributed by atoms with Gasteiger partial charge in [-0.05, 0) is 49.7 Å². The molecule has 2 unspecified atom stereocenters. The van der Waals surface area contributed by atoms with Crippen molar-refractivity contribution in [3.63, 3.8) is 0 Å². The molecular formula is C17H19N3. The maximum absolute atomic E-state index is 6.46. The molecule has 0 saturated carbocycles. The SMILES string of the molecule is CCC1=CC2Cc3nc4ncccc4c(N)c3C(C1)C2. The molecular weight excluding hydrogens is 246 g/mol. The second kappa shape index (κ2) is 4.30. The smallest absolute Gasteiger partial charge is 0.161 e. The van der Waals surface area contributed by atoms with Gasteiger partial charge in [0.15, 0.2) is 5.65 Å². The number of rotatable bonds is 1. The van der Waals surface area contributed by atoms with Crippen molar-refractivity contribution in [1.82, 2.24) is 9.97 Å². The van der Waals surface area contributed by atoms with E-state index in [9.17, 15) is 0 Å². The molecule has 2 aliphatic rings. The molecule has 2 aliphatic carbocycles. The standard InChI is InChI=1S/C17H19N3/c1-2-10-6-11-8-12(7-10)15-14(9-11)20-17-13(16(15)18)4-3-5-19-17/h3-6,11-12H,2,7-9H2,1H3,(H2,18,19,20). The lowest BCUT2D eigenvalue weighted by Gasteiger charge is -2.35. The van der Waals surface area contributed by atoms with Crippen LogP contribution in [0.15, 0.2) is 30.0 Å². The summed E-state index contributed by atoms with van der Waals surface area (Å²) in [5.41, 5.74) is 12.2. The van der Waals surface area contributed by atoms with Gasteiger partial charge in [0.05, 0.1) is 0 Å². The van der Waals surface area contributed by atoms with Crippen molar-refractivity contribution in [1.29, 1.82) is 0 Å². The molecule has 102 valence electrons. The van der Waals surface area contributed by atoms with Crippen molar-refractivity contribution < 1.29 is 0 Å². The molecule has 4 rings (SSSR count). The molecule has 2 heterocycles. The second-order valence-electron chi connectivity index (χ2n) is 6.04. The Morgan fingerprint density at radius 1 is 1.35 bits per heavy atom. The van der Waals surface area contributed by atoms with Crippen molar-refractivity contribution in [2.24, 2.45) is 5.92 Å². The van der Waals surface area contributed by atoms with Crippen LogP contribution >= 0.6 is 0 Å². The van der Waals surface area contributed by atoms with E-state index in [-0.39, 0.29) is 0 Å². The van der Waals surface area contributed by atoms with Gasteiger partial charge < -0.3 is 5.73 Å². The van der Waals surface area contributed by atoms with E-state index >= 15 is 0 Å². The van der Waals surface area contributed by atoms with Crippen LogP contribution in [0, 0.1) is 5.92 Å². The molecule has 0 spiro atoms. The van der Waals surface area contributed by atoms with E-state index in [4.69, 9.17) is 10.7 Å². The van der Waals surface area contributed by atoms with Crippen molar-refractivity contribution >= 4 is 16.7 Å². The topological polar surface area (TPSA) is 51.8 Å². The zero-order chi connectivity index (χ0) is 13.7. The third kappa shape index (κ3) is 1.65. The van der Waals surface area contributed by atoms with E-state index in [0.717, 1.165) is 36.0 Å². The zero-order valence-electron chi connectivity index (χ0n) is 11.8. The molecule has 2 aromatic rings. The normalized spacial score (nSPS) is 24.4. The Balaban J connectivity index is 1.92. The highest BCUT2D eigenvalue weighted by molar-refractivity contribution is 5.90. The molecule has 0 aliphatic heterocycles. The molecule has 3 nitrogen and oxygen atoms in total. The molecule has 0 saturated heterocycles. The number of anilines is 1. The lowest BCUT2D eigenvalue weighted by Crippen LogP contribution is -2.24. The number of aromatic nitrogens is 2. The second-order valence-corrected chi connectivity index (χ2v) is 6.04. The summed E-state index contributed by atoms with van der Waals surface area (Å²) in [4.78, 5) is 9.16. The fraction of sp³-hybridized carbons (Fsp3) is 0.412. The third-order valence-corrected chi connectivity index (χ3v) is 4.80. The van der Waals surface area contributed by atoms with Gasteiger partial charge in [0.1, 0.15) is 0 Å². The molecule has 2 N–H and O–H groups in total. The van der Waals surface area contributed by atoms with E-state index in [1.54, 1.807) is 11.8 Å². The lowest BCUT2D eigenvalue weighted by molar-refractivity contribution is 0.429. The first-order valence-corrected chi connectivity index (χ1v) is 7.48. The first-order chi connectivity index (χ1) is 9.76. The number of nitrogens with zero attached hydrogens (tertiary/aromatic N) is 2. The Bertz CT molecular complexity index is 717. The van der Waals surface area contributed by atoms with E-state index < -0.39 is 0 Å². The molecule has 0 aromatic carbocycles. The third-order valence-electron chi connectivity index (χ3n) is 4.80. The van der Waals surface area contributed by atoms with Crippen LogP contribution in [0.4, 0.5) is 5.69 Å². The van der Waals surface area contributed by atoms with Crippen LogP contribution in [0.1, 0.15) is 43.4 Å². The Morgan fingerprint density at radius 2 is 2.25 bits per heavy atom. The average Bonchev–Trinajstić information content (AvgIpc) is 2.46. The Labute approximate surface area is 118 Å². The molecule has 2 atom stereocenters. The molecule has 2 bridgehead atoms. The number of hydrogen-bond acceptors (Lipinski definition) is 3. The largest absolute Gasteiger partial charge is 0.398 e. The van der Waals surface area contributed by atoms with E-state index in [1.807, 2.05) is 12.1 Å². The lowest BCUT2D eigenvalue weighted by atomic mass is 9.70. The predicted molar refractivity (Wildman–Crippen MR) is 81.5 cm³/mol. The number of fused-ring (bicyclic) bond motifs is 5. The maximum Gasteiger partial charge on any atom is 0.161 e. The average molecular weight is 265 g/mol. The minimum absolute atomic E-state index is 0.556. The van der Waals surface area contributed by atoms with Gasteiger partial charge >= 0.3 is 0 Å². The van der Waals surface area contributed by atoms with Crippen LogP contribution < -0.4 is 5.73 Å². The van der Waals surface area contributed by atoms with Crippen LogP contribution in [-0.2, 0) is 6.42 Å². The number of nitrogen functional groups attached to an aromatic ring is 1. The van der Waals surface area contributed by atoms with Crippen LogP contribution in [0.2, 0.25) is 0 Å². The molecule has 0 amide bonds. The number of hydrogen-bond donors (Lipinski definition) is 1. The van der Waals surface area contributed by atoms with E-state index in [1.165, 1.54) is 17.7 Å². The van der Waals surface area contributed by atoms with Gasteiger partial charge in [-0.15, -0.1) is 0 Å². The van der Waals surface area contributed by atoms with Crippen molar-refractivity contribution in [3.8, 4) is 0 Å². The monoisotopic (exact) mass is 265 g/mol. The zero-order valence-corrected chi connectivity index (χ0v) is 11.8. The summed E-state index contributed by atoms with van der Waals surface area (Å²) < 4.78 is 0. The number of nitrogens with two attached hydrogens (primary N) is 1. The summed E-state index contributed by atoms with van der Waals surface area (Å²) in [6.45, 7) is 2.25. The summed E-state index contributed by atoms with van der Waals surface area (Å²) in [6.07, 6.45) is 8.82. The van der Waals surface area contributed by atoms with Gasteiger partial charge in [-0.2, -0.15) is 0 Å². The van der Waals surface area contributed by atoms with Gasteiger partial charge in [-0.1, -0.05) is 18.6 Å². The van der Waals surface area contributed by atoms with Crippen LogP contribution in [0.3, 0.4) is 0 Å². The van der Waals surface area contributed by atoms with Crippen LogP contribution in [0.25, 0.3) is 11.0 Å². The van der Waals surface area contributed by atoms with Crippen molar-refractivity contribution in [2.75, 3.05) is 5.73 Å². The minimum Gasteiger partial charge on any atom is -0.398 e. The molecule has 3 heteroatoms. The summed E-state index contributed by atoms with van der Waals surface area (Å²) in [7, 11) is 0. The first-order valence-electron chi connectivity index (χ1n) is 7.48. The van der Waals surface area contributed by atoms with Crippen molar-refractivity contribution in [2.45, 2.75) is 38.5 Å². The highest BCUT2D eigenvalue weighted by atomic mass is 14.9. The molecule has 0 radical (unpaired) electrons. The van der Waals surface area contributed by atoms with Gasteiger partial charge in [-0.3, -0.25) is 0 Å². The number of pyridine rings is 2. The van der Waals surface area contributed by atoms with Gasteiger partial charge in [0.2, 0.25) is 0 Å². The first kappa shape index (κ1) is 11.9. The van der Waals surface area contributed by atoms with Crippen LogP contribution in [0.5, 0.6) is 0 Å². The Kier molecular flexibility index (Phi) is 2.56. The van der Waals surface area contributed by atoms with Gasteiger partial charge in [0.25, 0.3) is 0 Å². The summed E-state index contributed by atoms with van der Waals surface area (Å²) in [5, 5.41) is 1.01. The van der Waals surface area contributed by atoms with Gasteiger partial charge in [-0.25, -0.2) is 9.97 Å². The molecule has 20 heavy (non-hydrogen) atoms. The quantitative estimate of drug-likeness (QED) is 0.801. The highest BCUT2D eigenvalue weighted by Crippen LogP contribution is 2.46. The summed E-state index contributed by atoms with van der Waals surface area (Å²) >= 11 is 0. The molecule has 2 aromatic heterocycles. The fourth-order valence-corrected chi connectivity index (χ4v) is 3.90. The van der Waals surface area contributed by atoms with E-state index in [0.29, 0.717) is 11.8 Å². The highest BCUT2D eigenvalue weighted by Gasteiger charge is 2.33. The van der Waals surface area contributed by atoms with Crippen LogP contribution in [-0.4, -0.2) is 9.97 Å². The van der Waals surface area contributed by atoms with Crippen molar-refractivity contribution in [3.05, 3.63) is 41.2 Å². The summed E-state index contributed by atoms with van der Waals surface area (Å²) in [6, 6.07) is 3.98. The van der Waals surface area contributed by atoms with E-state index in [2.05, 4.69) is 18.0 Å². The summed E-state index contributed by atoms with van der Waals surface area (Å²) in [5.74, 6) is 1.20. The predicted octanol–water partition coefficient (Wildman–Crippen LogP) is 3.60. The molecule has 0 fully saturated rings. The maximum atomic E-state index is 6.46. The Morgan fingerprint density at radius 3 is 3.10 bits per heavy atom. The minimum atomic E-state index is 0.556.